The van der Waals surface area contributed by atoms with Crippen LogP contribution in [0.3, 0.4) is 0 Å². The fourth-order valence-corrected chi connectivity index (χ4v) is 5.33. The van der Waals surface area contributed by atoms with E-state index in [1.807, 2.05) is 82.8 Å². The van der Waals surface area contributed by atoms with Crippen molar-refractivity contribution in [1.82, 2.24) is 24.5 Å². The predicted octanol–water partition coefficient (Wildman–Crippen LogP) is 2.60. The van der Waals surface area contributed by atoms with Gasteiger partial charge in [-0.05, 0) is 44.5 Å². The zero-order chi connectivity index (χ0) is 25.8. The number of nitrogens with zero attached hydrogens (tertiary/aromatic N) is 4. The standard InChI is InChI=1S/C28H35N5O4/c1-20(2)33(22-16-21(17-29-18-22)27(34)31-12-14-36-15-13-31)28(35)26-24(19-37-23-8-4-3-5-9-23)32-11-7-6-10-25(32)30-26/h3-11,20-22,29H,12-19H2,1-2H3/t21-,22+/m1/s1. The first-order chi connectivity index (χ1) is 18.0. The van der Waals surface area contributed by atoms with Gasteiger partial charge in [0, 0.05) is 44.5 Å². The van der Waals surface area contributed by atoms with Crippen LogP contribution in [-0.2, 0) is 16.1 Å². The molecule has 0 bridgehead atoms. The highest BCUT2D eigenvalue weighted by atomic mass is 16.5. The molecule has 2 amide bonds. The molecule has 0 saturated carbocycles. The molecule has 2 aliphatic heterocycles. The molecule has 3 aromatic rings. The largest absolute Gasteiger partial charge is 0.487 e. The van der Waals surface area contributed by atoms with Crippen molar-refractivity contribution < 1.29 is 19.1 Å². The third-order valence-electron chi connectivity index (χ3n) is 7.13. The smallest absolute Gasteiger partial charge is 0.275 e. The summed E-state index contributed by atoms with van der Waals surface area (Å²) in [6, 6.07) is 15.1. The first-order valence-electron chi connectivity index (χ1n) is 13.1. The minimum absolute atomic E-state index is 0.0655. The second-order valence-electron chi connectivity index (χ2n) is 9.93. The van der Waals surface area contributed by atoms with Crippen LogP contribution in [0.4, 0.5) is 0 Å². The van der Waals surface area contributed by atoms with Crippen LogP contribution >= 0.6 is 0 Å². The summed E-state index contributed by atoms with van der Waals surface area (Å²) in [5, 5.41) is 3.41. The number of nitrogens with one attached hydrogen (secondary N) is 1. The van der Waals surface area contributed by atoms with Crippen molar-refractivity contribution in [1.29, 1.82) is 0 Å². The molecule has 0 unspecified atom stereocenters. The lowest BCUT2D eigenvalue weighted by molar-refractivity contribution is -0.140. The first kappa shape index (κ1) is 25.2. The van der Waals surface area contributed by atoms with E-state index in [1.54, 1.807) is 0 Å². The van der Waals surface area contributed by atoms with E-state index in [0.29, 0.717) is 62.8 Å². The summed E-state index contributed by atoms with van der Waals surface area (Å²) < 4.78 is 13.4. The number of hydrogen-bond donors (Lipinski definition) is 1. The van der Waals surface area contributed by atoms with Gasteiger partial charge in [0.25, 0.3) is 5.91 Å². The van der Waals surface area contributed by atoms with E-state index in [2.05, 4.69) is 5.32 Å². The van der Waals surface area contributed by atoms with Crippen LogP contribution in [0.2, 0.25) is 0 Å². The minimum atomic E-state index is -0.173. The molecule has 196 valence electrons. The molecule has 2 saturated heterocycles. The molecule has 2 fully saturated rings. The Morgan fingerprint density at radius 3 is 2.62 bits per heavy atom. The number of amides is 2. The minimum Gasteiger partial charge on any atom is -0.487 e. The lowest BCUT2D eigenvalue weighted by Crippen LogP contribution is -2.57. The van der Waals surface area contributed by atoms with Crippen LogP contribution in [0, 0.1) is 5.92 Å². The molecular formula is C28H35N5O4. The number of aromatic nitrogens is 2. The van der Waals surface area contributed by atoms with Gasteiger partial charge in [-0.2, -0.15) is 0 Å². The Kier molecular flexibility index (Phi) is 7.71. The van der Waals surface area contributed by atoms with Crippen molar-refractivity contribution in [2.45, 2.75) is 39.0 Å². The second kappa shape index (κ2) is 11.3. The van der Waals surface area contributed by atoms with Crippen LogP contribution in [-0.4, -0.2) is 82.5 Å². The normalized spacial score (nSPS) is 20.2. The van der Waals surface area contributed by atoms with Gasteiger partial charge < -0.3 is 24.6 Å². The number of morpholine rings is 1. The van der Waals surface area contributed by atoms with Gasteiger partial charge in [-0.15, -0.1) is 0 Å². The quantitative estimate of drug-likeness (QED) is 0.531. The van der Waals surface area contributed by atoms with Gasteiger partial charge in [0.15, 0.2) is 5.69 Å². The van der Waals surface area contributed by atoms with Crippen LogP contribution in [0.15, 0.2) is 54.7 Å². The molecule has 2 aromatic heterocycles. The second-order valence-corrected chi connectivity index (χ2v) is 9.93. The average Bonchev–Trinajstić information content (AvgIpc) is 3.31. The molecule has 9 nitrogen and oxygen atoms in total. The number of piperidine rings is 1. The van der Waals surface area contributed by atoms with Gasteiger partial charge in [0.2, 0.25) is 5.91 Å². The summed E-state index contributed by atoms with van der Waals surface area (Å²) in [6.07, 6.45) is 2.53. The van der Waals surface area contributed by atoms with Crippen LogP contribution in [0.5, 0.6) is 5.75 Å². The van der Waals surface area contributed by atoms with E-state index in [0.717, 1.165) is 5.75 Å². The van der Waals surface area contributed by atoms with Crippen molar-refractivity contribution >= 4 is 17.5 Å². The van der Waals surface area contributed by atoms with Gasteiger partial charge in [-0.1, -0.05) is 24.3 Å². The molecule has 5 rings (SSSR count). The Balaban J connectivity index is 1.40. The van der Waals surface area contributed by atoms with Gasteiger partial charge in [-0.3, -0.25) is 14.0 Å². The zero-order valence-electron chi connectivity index (χ0n) is 21.5. The van der Waals surface area contributed by atoms with Crippen molar-refractivity contribution in [3.05, 3.63) is 66.1 Å². The molecule has 2 aliphatic rings. The summed E-state index contributed by atoms with van der Waals surface area (Å²) in [5.41, 5.74) is 1.79. The SMILES string of the molecule is CC(C)N(C(=O)c1nc2ccccn2c1COc1ccccc1)[C@@H]1CNC[C@H](C(=O)N2CCOCC2)C1. The number of fused-ring (bicyclic) bond motifs is 1. The Morgan fingerprint density at radius 1 is 1.11 bits per heavy atom. The third-order valence-corrected chi connectivity index (χ3v) is 7.13. The number of carbonyl (C=O) groups is 2. The van der Waals surface area contributed by atoms with Gasteiger partial charge in [0.05, 0.1) is 24.8 Å². The van der Waals surface area contributed by atoms with Crippen molar-refractivity contribution in [2.75, 3.05) is 39.4 Å². The van der Waals surface area contributed by atoms with Crippen LogP contribution in [0.25, 0.3) is 5.65 Å². The van der Waals surface area contributed by atoms with Crippen molar-refractivity contribution in [3.8, 4) is 5.75 Å². The van der Waals surface area contributed by atoms with E-state index in [4.69, 9.17) is 14.5 Å². The number of rotatable bonds is 7. The van der Waals surface area contributed by atoms with E-state index < -0.39 is 0 Å². The number of benzene rings is 1. The maximum atomic E-state index is 14.1. The van der Waals surface area contributed by atoms with E-state index in [9.17, 15) is 9.59 Å². The zero-order valence-corrected chi connectivity index (χ0v) is 21.5. The number of imidazole rings is 1. The highest BCUT2D eigenvalue weighted by molar-refractivity contribution is 5.95. The Labute approximate surface area is 217 Å². The molecule has 0 aliphatic carbocycles. The van der Waals surface area contributed by atoms with Crippen molar-refractivity contribution in [2.24, 2.45) is 5.92 Å². The predicted molar refractivity (Wildman–Crippen MR) is 139 cm³/mol. The highest BCUT2D eigenvalue weighted by Gasteiger charge is 2.37. The number of hydrogen-bond acceptors (Lipinski definition) is 6. The molecule has 0 radical (unpaired) electrons. The fraction of sp³-hybridized carbons (Fsp3) is 0.464. The Bertz CT molecular complexity index is 1220. The number of carbonyl (C=O) groups excluding carboxylic acids is 2. The number of para-hydroxylation sites is 1. The number of pyridine rings is 1. The summed E-state index contributed by atoms with van der Waals surface area (Å²) in [6.45, 7) is 7.90. The molecule has 2 atom stereocenters. The molecule has 4 heterocycles. The molecular weight excluding hydrogens is 470 g/mol. The lowest BCUT2D eigenvalue weighted by Gasteiger charge is -2.41. The van der Waals surface area contributed by atoms with Gasteiger partial charge >= 0.3 is 0 Å². The highest BCUT2D eigenvalue weighted by Crippen LogP contribution is 2.25. The van der Waals surface area contributed by atoms with Crippen molar-refractivity contribution in [3.63, 3.8) is 0 Å². The lowest BCUT2D eigenvalue weighted by atomic mass is 9.92. The molecule has 1 aromatic carbocycles. The average molecular weight is 506 g/mol. The van der Waals surface area contributed by atoms with E-state index in [1.165, 1.54) is 0 Å². The third kappa shape index (κ3) is 5.47. The van der Waals surface area contributed by atoms with Crippen LogP contribution < -0.4 is 10.1 Å². The maximum absolute atomic E-state index is 14.1. The summed E-state index contributed by atoms with van der Waals surface area (Å²) in [7, 11) is 0. The van der Waals surface area contributed by atoms with E-state index in [-0.39, 0.29) is 36.4 Å². The molecule has 37 heavy (non-hydrogen) atoms. The van der Waals surface area contributed by atoms with Gasteiger partial charge in [0.1, 0.15) is 18.0 Å². The summed E-state index contributed by atoms with van der Waals surface area (Å²) in [5.74, 6) is 0.555. The maximum Gasteiger partial charge on any atom is 0.275 e. The topological polar surface area (TPSA) is 88.4 Å². The fourth-order valence-electron chi connectivity index (χ4n) is 5.33. The number of ether oxygens (including phenoxy) is 2. The summed E-state index contributed by atoms with van der Waals surface area (Å²) in [4.78, 5) is 35.8. The van der Waals surface area contributed by atoms with Crippen LogP contribution in [0.1, 0.15) is 36.5 Å². The summed E-state index contributed by atoms with van der Waals surface area (Å²) >= 11 is 0. The molecule has 9 heteroatoms. The van der Waals surface area contributed by atoms with Gasteiger partial charge in [-0.25, -0.2) is 4.98 Å². The van der Waals surface area contributed by atoms with E-state index >= 15 is 0 Å². The molecule has 1 N–H and O–H groups in total. The Morgan fingerprint density at radius 2 is 1.86 bits per heavy atom. The monoisotopic (exact) mass is 505 g/mol. The Hall–Kier alpha value is -3.43. The first-order valence-corrected chi connectivity index (χ1v) is 13.1. The molecule has 0 spiro atoms.